The number of rotatable bonds is 5. The molecule has 2 rings (SSSR count). The molecule has 2 aromatic rings. The molecular weight excluding hydrogens is 288 g/mol. The second kappa shape index (κ2) is 6.15. The topological polar surface area (TPSA) is 76.1 Å². The molecule has 0 unspecified atom stereocenters. The van der Waals surface area contributed by atoms with Gasteiger partial charge in [-0.2, -0.15) is 0 Å². The molecule has 0 aliphatic heterocycles. The Morgan fingerprint density at radius 2 is 2.05 bits per heavy atom. The average Bonchev–Trinajstić information content (AvgIpc) is 2.46. The monoisotopic (exact) mass is 304 g/mol. The van der Waals surface area contributed by atoms with Gasteiger partial charge in [-0.15, -0.1) is 0 Å². The third kappa shape index (κ3) is 3.74. The van der Waals surface area contributed by atoms with E-state index in [-0.39, 0.29) is 17.2 Å². The molecule has 1 heterocycles. The number of Topliss-reactive ketones (excluding diaryl/α,β-unsaturated/α-hetero) is 1. The maximum atomic E-state index is 12.3. The number of aromatic nitrogens is 1. The first-order valence-electron chi connectivity index (χ1n) is 6.40. The van der Waals surface area contributed by atoms with E-state index < -0.39 is 10.0 Å². The molecule has 0 bridgehead atoms. The van der Waals surface area contributed by atoms with Gasteiger partial charge in [0.2, 0.25) is 10.0 Å². The number of ketones is 1. The average molecular weight is 304 g/mol. The Morgan fingerprint density at radius 3 is 2.71 bits per heavy atom. The summed E-state index contributed by atoms with van der Waals surface area (Å²) in [4.78, 5) is 15.4. The summed E-state index contributed by atoms with van der Waals surface area (Å²) in [6.07, 6.45) is 3.30. The van der Waals surface area contributed by atoms with Crippen molar-refractivity contribution < 1.29 is 13.2 Å². The second-order valence-corrected chi connectivity index (χ2v) is 6.48. The van der Waals surface area contributed by atoms with Crippen LogP contribution in [0.1, 0.15) is 28.4 Å². The molecule has 0 spiro atoms. The molecule has 1 aromatic carbocycles. The summed E-state index contributed by atoms with van der Waals surface area (Å²) >= 11 is 0. The SMILES string of the molecule is CC(=O)c1cccc(S(=O)(=O)NCc2ccncc2C)c1. The van der Waals surface area contributed by atoms with Crippen molar-refractivity contribution in [1.29, 1.82) is 0 Å². The molecule has 0 saturated carbocycles. The Balaban J connectivity index is 2.21. The van der Waals surface area contributed by atoms with Crippen molar-refractivity contribution in [1.82, 2.24) is 9.71 Å². The summed E-state index contributed by atoms with van der Waals surface area (Å²) in [6, 6.07) is 7.76. The molecule has 0 radical (unpaired) electrons. The number of hydrogen-bond acceptors (Lipinski definition) is 4. The number of sulfonamides is 1. The van der Waals surface area contributed by atoms with Crippen LogP contribution in [-0.2, 0) is 16.6 Å². The van der Waals surface area contributed by atoms with Gasteiger partial charge in [0.15, 0.2) is 5.78 Å². The van der Waals surface area contributed by atoms with Crippen LogP contribution in [0.5, 0.6) is 0 Å². The minimum atomic E-state index is -3.65. The van der Waals surface area contributed by atoms with Crippen LogP contribution < -0.4 is 4.72 Å². The lowest BCUT2D eigenvalue weighted by atomic mass is 10.2. The van der Waals surface area contributed by atoms with Gasteiger partial charge in [0, 0.05) is 24.5 Å². The Morgan fingerprint density at radius 1 is 1.29 bits per heavy atom. The summed E-state index contributed by atoms with van der Waals surface area (Å²) in [5, 5.41) is 0. The zero-order chi connectivity index (χ0) is 15.5. The molecule has 1 N–H and O–H groups in total. The van der Waals surface area contributed by atoms with Crippen molar-refractivity contribution in [2.24, 2.45) is 0 Å². The van der Waals surface area contributed by atoms with E-state index in [0.29, 0.717) is 5.56 Å². The van der Waals surface area contributed by atoms with Crippen LogP contribution in [-0.4, -0.2) is 19.2 Å². The van der Waals surface area contributed by atoms with Gasteiger partial charge < -0.3 is 0 Å². The number of hydrogen-bond donors (Lipinski definition) is 1. The van der Waals surface area contributed by atoms with Gasteiger partial charge in [-0.05, 0) is 43.2 Å². The summed E-state index contributed by atoms with van der Waals surface area (Å²) < 4.78 is 27.0. The van der Waals surface area contributed by atoms with E-state index in [1.165, 1.54) is 19.1 Å². The summed E-state index contributed by atoms with van der Waals surface area (Å²) in [6.45, 7) is 3.45. The first-order valence-corrected chi connectivity index (χ1v) is 7.88. The largest absolute Gasteiger partial charge is 0.295 e. The fraction of sp³-hybridized carbons (Fsp3) is 0.200. The number of carbonyl (C=O) groups is 1. The normalized spacial score (nSPS) is 11.3. The van der Waals surface area contributed by atoms with E-state index in [2.05, 4.69) is 9.71 Å². The summed E-state index contributed by atoms with van der Waals surface area (Å²) in [5.74, 6) is -0.169. The van der Waals surface area contributed by atoms with E-state index in [1.54, 1.807) is 30.6 Å². The van der Waals surface area contributed by atoms with Gasteiger partial charge in [0.05, 0.1) is 4.90 Å². The first kappa shape index (κ1) is 15.3. The zero-order valence-electron chi connectivity index (χ0n) is 11.8. The molecular formula is C15H16N2O3S. The lowest BCUT2D eigenvalue weighted by molar-refractivity contribution is 0.101. The number of aryl methyl sites for hydroxylation is 1. The van der Waals surface area contributed by atoms with Gasteiger partial charge in [0.1, 0.15) is 0 Å². The van der Waals surface area contributed by atoms with E-state index in [1.807, 2.05) is 6.92 Å². The summed E-state index contributed by atoms with van der Waals surface area (Å²) in [7, 11) is -3.65. The highest BCUT2D eigenvalue weighted by atomic mass is 32.2. The summed E-state index contributed by atoms with van der Waals surface area (Å²) in [5.41, 5.74) is 2.15. The molecule has 21 heavy (non-hydrogen) atoms. The van der Waals surface area contributed by atoms with Crippen molar-refractivity contribution in [3.8, 4) is 0 Å². The lowest BCUT2D eigenvalue weighted by Gasteiger charge is -2.09. The second-order valence-electron chi connectivity index (χ2n) is 4.71. The van der Waals surface area contributed by atoms with Crippen LogP contribution in [0.2, 0.25) is 0 Å². The van der Waals surface area contributed by atoms with Gasteiger partial charge >= 0.3 is 0 Å². The van der Waals surface area contributed by atoms with Crippen molar-refractivity contribution in [3.63, 3.8) is 0 Å². The fourth-order valence-corrected chi connectivity index (χ4v) is 2.89. The van der Waals surface area contributed by atoms with Crippen LogP contribution >= 0.6 is 0 Å². The number of pyridine rings is 1. The Labute approximate surface area is 124 Å². The molecule has 110 valence electrons. The molecule has 0 aliphatic carbocycles. The van der Waals surface area contributed by atoms with Gasteiger partial charge in [0.25, 0.3) is 0 Å². The maximum Gasteiger partial charge on any atom is 0.240 e. The van der Waals surface area contributed by atoms with Crippen molar-refractivity contribution in [2.75, 3.05) is 0 Å². The van der Waals surface area contributed by atoms with E-state index in [9.17, 15) is 13.2 Å². The van der Waals surface area contributed by atoms with E-state index in [0.717, 1.165) is 11.1 Å². The molecule has 0 saturated heterocycles. The zero-order valence-corrected chi connectivity index (χ0v) is 12.6. The predicted molar refractivity (Wildman–Crippen MR) is 79.4 cm³/mol. The highest BCUT2D eigenvalue weighted by Gasteiger charge is 2.15. The highest BCUT2D eigenvalue weighted by Crippen LogP contribution is 2.13. The van der Waals surface area contributed by atoms with Crippen molar-refractivity contribution in [2.45, 2.75) is 25.3 Å². The molecule has 6 heteroatoms. The van der Waals surface area contributed by atoms with Gasteiger partial charge in [-0.25, -0.2) is 13.1 Å². The quantitative estimate of drug-likeness (QED) is 0.858. The third-order valence-corrected chi connectivity index (χ3v) is 4.54. The van der Waals surface area contributed by atoms with Crippen molar-refractivity contribution in [3.05, 3.63) is 59.4 Å². The van der Waals surface area contributed by atoms with Crippen LogP contribution in [0, 0.1) is 6.92 Å². The Bertz CT molecular complexity index is 770. The van der Waals surface area contributed by atoms with Crippen molar-refractivity contribution >= 4 is 15.8 Å². The van der Waals surface area contributed by atoms with Crippen LogP contribution in [0.15, 0.2) is 47.6 Å². The van der Waals surface area contributed by atoms with Crippen LogP contribution in [0.4, 0.5) is 0 Å². The molecule has 5 nitrogen and oxygen atoms in total. The smallest absolute Gasteiger partial charge is 0.240 e. The molecule has 0 fully saturated rings. The fourth-order valence-electron chi connectivity index (χ4n) is 1.84. The van der Waals surface area contributed by atoms with Crippen LogP contribution in [0.25, 0.3) is 0 Å². The maximum absolute atomic E-state index is 12.3. The number of benzene rings is 1. The number of carbonyl (C=O) groups excluding carboxylic acids is 1. The third-order valence-electron chi connectivity index (χ3n) is 3.14. The molecule has 0 aliphatic rings. The highest BCUT2D eigenvalue weighted by molar-refractivity contribution is 7.89. The minimum Gasteiger partial charge on any atom is -0.295 e. The van der Waals surface area contributed by atoms with Crippen LogP contribution in [0.3, 0.4) is 0 Å². The molecule has 0 amide bonds. The van der Waals surface area contributed by atoms with Gasteiger partial charge in [-0.3, -0.25) is 9.78 Å². The number of nitrogens with zero attached hydrogens (tertiary/aromatic N) is 1. The van der Waals surface area contributed by atoms with E-state index >= 15 is 0 Å². The predicted octanol–water partition coefficient (Wildman–Crippen LogP) is 2.07. The Hall–Kier alpha value is -2.05. The minimum absolute atomic E-state index is 0.0851. The van der Waals surface area contributed by atoms with E-state index in [4.69, 9.17) is 0 Å². The standard InChI is InChI=1S/C15H16N2O3S/c1-11-9-16-7-6-14(11)10-17-21(19,20)15-5-3-4-13(8-15)12(2)18/h3-9,17H,10H2,1-2H3. The molecule has 1 aromatic heterocycles. The first-order chi connectivity index (χ1) is 9.90. The van der Waals surface area contributed by atoms with Gasteiger partial charge in [-0.1, -0.05) is 12.1 Å². The number of nitrogens with one attached hydrogen (secondary N) is 1. The molecule has 0 atom stereocenters. The Kier molecular flexibility index (Phi) is 4.50. The lowest BCUT2D eigenvalue weighted by Crippen LogP contribution is -2.23.